The molecule has 0 fully saturated rings. The number of benzene rings is 1. The van der Waals surface area contributed by atoms with E-state index in [9.17, 15) is 14.7 Å². The van der Waals surface area contributed by atoms with Crippen LogP contribution in [0.3, 0.4) is 0 Å². The smallest absolute Gasteiger partial charge is 0.415 e. The molecule has 6 nitrogen and oxygen atoms in total. The van der Waals surface area contributed by atoms with Crippen molar-refractivity contribution in [3.05, 3.63) is 24.3 Å². The maximum atomic E-state index is 12.3. The van der Waals surface area contributed by atoms with Gasteiger partial charge < -0.3 is 14.6 Å². The first-order valence-corrected chi connectivity index (χ1v) is 6.26. The Morgan fingerprint density at radius 1 is 1.35 bits per heavy atom. The topological polar surface area (TPSA) is 76.1 Å². The van der Waals surface area contributed by atoms with Crippen LogP contribution in [0.2, 0.25) is 0 Å². The van der Waals surface area contributed by atoms with Crippen molar-refractivity contribution >= 4 is 17.7 Å². The van der Waals surface area contributed by atoms with E-state index in [-0.39, 0.29) is 6.61 Å². The van der Waals surface area contributed by atoms with Gasteiger partial charge in [0.2, 0.25) is 0 Å². The number of ether oxygens (including phenoxy) is 2. The third-order valence-corrected chi connectivity index (χ3v) is 2.71. The van der Waals surface area contributed by atoms with E-state index in [1.54, 1.807) is 45.0 Å². The summed E-state index contributed by atoms with van der Waals surface area (Å²) >= 11 is 0. The Hall–Kier alpha value is -2.24. The highest BCUT2D eigenvalue weighted by molar-refractivity contribution is 5.97. The van der Waals surface area contributed by atoms with E-state index in [0.717, 1.165) is 4.90 Å². The second-order valence-electron chi connectivity index (χ2n) is 5.48. The quantitative estimate of drug-likeness (QED) is 0.853. The van der Waals surface area contributed by atoms with Crippen LogP contribution in [0.1, 0.15) is 20.8 Å². The third-order valence-electron chi connectivity index (χ3n) is 2.71. The molecule has 1 aromatic carbocycles. The fourth-order valence-corrected chi connectivity index (χ4v) is 1.91. The molecule has 0 aliphatic carbocycles. The number of carbonyl (C=O) groups is 2. The summed E-state index contributed by atoms with van der Waals surface area (Å²) in [5, 5.41) is 9.25. The fourth-order valence-electron chi connectivity index (χ4n) is 1.91. The molecule has 1 aromatic rings. The second-order valence-corrected chi connectivity index (χ2v) is 5.48. The SMILES string of the molecule is CC(C)(C)OC(=O)N1c2ccccc2OCC1C(=O)O. The van der Waals surface area contributed by atoms with Gasteiger partial charge in [0, 0.05) is 0 Å². The van der Waals surface area contributed by atoms with Gasteiger partial charge in [-0.1, -0.05) is 12.1 Å². The maximum Gasteiger partial charge on any atom is 0.415 e. The van der Waals surface area contributed by atoms with Crippen molar-refractivity contribution in [2.24, 2.45) is 0 Å². The van der Waals surface area contributed by atoms with E-state index in [1.165, 1.54) is 0 Å². The van der Waals surface area contributed by atoms with Crippen LogP contribution in [0.4, 0.5) is 10.5 Å². The van der Waals surface area contributed by atoms with Crippen molar-refractivity contribution in [1.29, 1.82) is 0 Å². The lowest BCUT2D eigenvalue weighted by Crippen LogP contribution is -2.52. The lowest BCUT2D eigenvalue weighted by Gasteiger charge is -2.35. The van der Waals surface area contributed by atoms with Crippen LogP contribution >= 0.6 is 0 Å². The number of hydrogen-bond acceptors (Lipinski definition) is 4. The number of carboxylic acids is 1. The van der Waals surface area contributed by atoms with Crippen LogP contribution in [0.25, 0.3) is 0 Å². The van der Waals surface area contributed by atoms with Gasteiger partial charge in [0.1, 0.15) is 18.0 Å². The van der Waals surface area contributed by atoms with E-state index in [2.05, 4.69) is 0 Å². The summed E-state index contributed by atoms with van der Waals surface area (Å²) < 4.78 is 10.7. The Bertz CT molecular complexity index is 535. The van der Waals surface area contributed by atoms with Crippen molar-refractivity contribution in [2.45, 2.75) is 32.4 Å². The molecule has 0 spiro atoms. The number of hydrogen-bond donors (Lipinski definition) is 1. The maximum absolute atomic E-state index is 12.3. The van der Waals surface area contributed by atoms with Crippen molar-refractivity contribution in [3.63, 3.8) is 0 Å². The van der Waals surface area contributed by atoms with Gasteiger partial charge in [-0.25, -0.2) is 9.59 Å². The molecule has 2 rings (SSSR count). The number of carboxylic acid groups (broad SMARTS) is 1. The monoisotopic (exact) mass is 279 g/mol. The van der Waals surface area contributed by atoms with Crippen LogP contribution in [0.15, 0.2) is 24.3 Å². The Morgan fingerprint density at radius 2 is 2.00 bits per heavy atom. The number of carbonyl (C=O) groups excluding carboxylic acids is 1. The zero-order valence-corrected chi connectivity index (χ0v) is 11.6. The van der Waals surface area contributed by atoms with Crippen LogP contribution < -0.4 is 9.64 Å². The first-order chi connectivity index (χ1) is 9.29. The van der Waals surface area contributed by atoms with Gasteiger partial charge in [0.25, 0.3) is 0 Å². The standard InChI is InChI=1S/C14H17NO5/c1-14(2,3)20-13(18)15-9-6-4-5-7-11(9)19-8-10(15)12(16)17/h4-7,10H,8H2,1-3H3,(H,16,17). The lowest BCUT2D eigenvalue weighted by molar-refractivity contribution is -0.139. The Kier molecular flexibility index (Phi) is 3.57. The molecular weight excluding hydrogens is 262 g/mol. The molecule has 0 saturated carbocycles. The minimum atomic E-state index is -1.13. The lowest BCUT2D eigenvalue weighted by atomic mass is 10.1. The molecule has 1 unspecified atom stereocenters. The van der Waals surface area contributed by atoms with Gasteiger partial charge in [-0.15, -0.1) is 0 Å². The normalized spacial score (nSPS) is 17.9. The highest BCUT2D eigenvalue weighted by Crippen LogP contribution is 2.34. The number of aliphatic carboxylic acids is 1. The van der Waals surface area contributed by atoms with Crippen molar-refractivity contribution < 1.29 is 24.2 Å². The van der Waals surface area contributed by atoms with Gasteiger partial charge in [0.05, 0.1) is 5.69 Å². The summed E-state index contributed by atoms with van der Waals surface area (Å²) in [4.78, 5) is 24.7. The average molecular weight is 279 g/mol. The molecule has 6 heteroatoms. The molecule has 1 heterocycles. The minimum absolute atomic E-state index is 0.106. The molecule has 1 atom stereocenters. The largest absolute Gasteiger partial charge is 0.489 e. The Balaban J connectivity index is 2.38. The summed E-state index contributed by atoms with van der Waals surface area (Å²) in [5.74, 6) is -0.666. The average Bonchev–Trinajstić information content (AvgIpc) is 2.35. The minimum Gasteiger partial charge on any atom is -0.489 e. The predicted octanol–water partition coefficient (Wildman–Crippen LogP) is 2.27. The first-order valence-electron chi connectivity index (χ1n) is 6.26. The zero-order valence-electron chi connectivity index (χ0n) is 11.6. The Morgan fingerprint density at radius 3 is 2.60 bits per heavy atom. The molecule has 1 aliphatic rings. The van der Waals surface area contributed by atoms with Crippen LogP contribution in [-0.4, -0.2) is 35.4 Å². The molecule has 0 radical (unpaired) electrons. The Labute approximate surface area is 116 Å². The summed E-state index contributed by atoms with van der Waals surface area (Å²) in [6, 6.07) is 5.69. The van der Waals surface area contributed by atoms with E-state index in [4.69, 9.17) is 9.47 Å². The molecule has 1 N–H and O–H groups in total. The predicted molar refractivity (Wildman–Crippen MR) is 72.1 cm³/mol. The van der Waals surface area contributed by atoms with Gasteiger partial charge in [-0.2, -0.15) is 0 Å². The highest BCUT2D eigenvalue weighted by atomic mass is 16.6. The van der Waals surface area contributed by atoms with E-state index in [0.29, 0.717) is 11.4 Å². The van der Waals surface area contributed by atoms with Crippen LogP contribution in [-0.2, 0) is 9.53 Å². The summed E-state index contributed by atoms with van der Waals surface area (Å²) in [7, 11) is 0. The summed E-state index contributed by atoms with van der Waals surface area (Å²) in [5.41, 5.74) is -0.298. The molecule has 0 saturated heterocycles. The van der Waals surface area contributed by atoms with Crippen molar-refractivity contribution in [2.75, 3.05) is 11.5 Å². The number of para-hydroxylation sites is 2. The summed E-state index contributed by atoms with van der Waals surface area (Å²) in [6.45, 7) is 5.08. The number of amides is 1. The van der Waals surface area contributed by atoms with Crippen LogP contribution in [0, 0.1) is 0 Å². The van der Waals surface area contributed by atoms with Crippen LogP contribution in [0.5, 0.6) is 5.75 Å². The number of rotatable bonds is 1. The number of nitrogens with zero attached hydrogens (tertiary/aromatic N) is 1. The van der Waals surface area contributed by atoms with Crippen molar-refractivity contribution in [3.8, 4) is 5.75 Å². The van der Waals surface area contributed by atoms with Gasteiger partial charge in [-0.3, -0.25) is 4.90 Å². The fraction of sp³-hybridized carbons (Fsp3) is 0.429. The zero-order chi connectivity index (χ0) is 14.9. The van der Waals surface area contributed by atoms with Gasteiger partial charge >= 0.3 is 12.1 Å². The third kappa shape index (κ3) is 2.84. The van der Waals surface area contributed by atoms with Gasteiger partial charge in [0.15, 0.2) is 6.04 Å². The van der Waals surface area contributed by atoms with E-state index < -0.39 is 23.7 Å². The highest BCUT2D eigenvalue weighted by Gasteiger charge is 2.39. The first kappa shape index (κ1) is 14.2. The molecule has 0 aromatic heterocycles. The molecule has 1 amide bonds. The van der Waals surface area contributed by atoms with E-state index >= 15 is 0 Å². The van der Waals surface area contributed by atoms with E-state index in [1.807, 2.05) is 0 Å². The molecule has 108 valence electrons. The second kappa shape index (κ2) is 5.03. The number of anilines is 1. The van der Waals surface area contributed by atoms with Gasteiger partial charge in [-0.05, 0) is 32.9 Å². The van der Waals surface area contributed by atoms with Crippen molar-refractivity contribution in [1.82, 2.24) is 0 Å². The summed E-state index contributed by atoms with van der Waals surface area (Å²) in [6.07, 6.45) is -0.694. The number of fused-ring (bicyclic) bond motifs is 1. The molecule has 0 bridgehead atoms. The molecule has 20 heavy (non-hydrogen) atoms. The molecule has 1 aliphatic heterocycles. The molecular formula is C14H17NO5.